The number of nitrogens with zero attached hydrogens (tertiary/aromatic N) is 1. The van der Waals surface area contributed by atoms with E-state index in [1.165, 1.54) is 4.31 Å². The Morgan fingerprint density at radius 1 is 1.25 bits per heavy atom. The summed E-state index contributed by atoms with van der Waals surface area (Å²) >= 11 is 5.87. The first kappa shape index (κ1) is 19.8. The molecule has 2 aliphatic rings. The van der Waals surface area contributed by atoms with E-state index in [2.05, 4.69) is 5.32 Å². The second-order valence-corrected chi connectivity index (χ2v) is 8.47. The lowest BCUT2D eigenvalue weighted by molar-refractivity contribution is -0.137. The summed E-state index contributed by atoms with van der Waals surface area (Å²) in [4.78, 5) is -0.475. The Morgan fingerprint density at radius 3 is 2.54 bits per heavy atom. The number of hydrogen-bond donors (Lipinski definition) is 1. The smallest absolute Gasteiger partial charge is 0.316 e. The summed E-state index contributed by atoms with van der Waals surface area (Å²) in [6, 6.07) is 2.39. The van der Waals surface area contributed by atoms with Crippen molar-refractivity contribution in [1.29, 1.82) is 0 Å². The maximum atomic E-state index is 12.8. The van der Waals surface area contributed by atoms with Gasteiger partial charge in [0.05, 0.1) is 10.6 Å². The molecule has 1 aromatic rings. The number of hydrogen-bond acceptors (Lipinski definition) is 3. The van der Waals surface area contributed by atoms with E-state index in [4.69, 9.17) is 11.6 Å². The molecule has 10 heteroatoms. The number of rotatable bonds is 2. The summed E-state index contributed by atoms with van der Waals surface area (Å²) in [7, 11) is -4.04. The minimum atomic E-state index is -4.61. The largest absolute Gasteiger partial charge is 0.416 e. The minimum Gasteiger partial charge on any atom is -0.316 e. The topological polar surface area (TPSA) is 49.4 Å². The Balaban J connectivity index is 0.00000208. The molecule has 4 nitrogen and oxygen atoms in total. The van der Waals surface area contributed by atoms with Crippen LogP contribution in [-0.2, 0) is 16.2 Å². The summed E-state index contributed by atoms with van der Waals surface area (Å²) < 4.78 is 65.2. The van der Waals surface area contributed by atoms with Crippen molar-refractivity contribution in [3.05, 3.63) is 28.8 Å². The predicted molar refractivity (Wildman–Crippen MR) is 87.0 cm³/mol. The van der Waals surface area contributed by atoms with Crippen LogP contribution in [-0.4, -0.2) is 38.9 Å². The van der Waals surface area contributed by atoms with E-state index < -0.39 is 26.7 Å². The SMILES string of the molecule is Cl.O=S(=O)(c1cc(C(F)(F)F)ccc1Cl)N1CCC2(CCNC2)C1. The highest BCUT2D eigenvalue weighted by Crippen LogP contribution is 2.40. The number of halogens is 5. The zero-order chi connectivity index (χ0) is 16.9. The van der Waals surface area contributed by atoms with Gasteiger partial charge in [0.1, 0.15) is 4.90 Å². The molecule has 2 fully saturated rings. The first-order chi connectivity index (χ1) is 10.6. The maximum Gasteiger partial charge on any atom is 0.416 e. The maximum absolute atomic E-state index is 12.8. The highest BCUT2D eigenvalue weighted by molar-refractivity contribution is 7.89. The summed E-state index contributed by atoms with van der Waals surface area (Å²) in [6.45, 7) is 2.18. The molecular formula is C14H17Cl2F3N2O2S. The Kier molecular flexibility index (Phi) is 5.47. The van der Waals surface area contributed by atoms with Crippen molar-refractivity contribution in [2.24, 2.45) is 5.41 Å². The van der Waals surface area contributed by atoms with Gasteiger partial charge in [-0.25, -0.2) is 8.42 Å². The van der Waals surface area contributed by atoms with Gasteiger partial charge in [-0.15, -0.1) is 12.4 Å². The summed E-state index contributed by atoms with van der Waals surface area (Å²) in [5.74, 6) is 0. The average molecular weight is 405 g/mol. The molecule has 0 amide bonds. The lowest BCUT2D eigenvalue weighted by Crippen LogP contribution is -2.33. The van der Waals surface area contributed by atoms with Gasteiger partial charge >= 0.3 is 6.18 Å². The van der Waals surface area contributed by atoms with Crippen molar-refractivity contribution >= 4 is 34.0 Å². The van der Waals surface area contributed by atoms with Gasteiger partial charge in [-0.1, -0.05) is 11.6 Å². The lowest BCUT2D eigenvalue weighted by atomic mass is 9.87. The summed E-state index contributed by atoms with van der Waals surface area (Å²) in [6.07, 6.45) is -3.04. The molecule has 3 rings (SSSR count). The van der Waals surface area contributed by atoms with Gasteiger partial charge in [0, 0.05) is 19.6 Å². The normalized spacial score (nSPS) is 25.2. The van der Waals surface area contributed by atoms with Crippen LogP contribution < -0.4 is 5.32 Å². The zero-order valence-corrected chi connectivity index (χ0v) is 15.0. The number of sulfonamides is 1. The Morgan fingerprint density at radius 2 is 1.96 bits per heavy atom. The van der Waals surface area contributed by atoms with Gasteiger partial charge in [0.2, 0.25) is 10.0 Å². The fourth-order valence-corrected chi connectivity index (χ4v) is 5.31. The fourth-order valence-electron chi connectivity index (χ4n) is 3.26. The third-order valence-corrected chi connectivity index (χ3v) is 6.94. The van der Waals surface area contributed by atoms with E-state index in [0.29, 0.717) is 25.6 Å². The first-order valence-electron chi connectivity index (χ1n) is 7.22. The molecular weight excluding hydrogens is 388 g/mol. The van der Waals surface area contributed by atoms with Gasteiger partial charge in [-0.3, -0.25) is 0 Å². The average Bonchev–Trinajstić information content (AvgIpc) is 3.09. The Labute approximate surface area is 149 Å². The third-order valence-electron chi connectivity index (χ3n) is 4.61. The quantitative estimate of drug-likeness (QED) is 0.823. The number of benzene rings is 1. The molecule has 1 N–H and O–H groups in total. The molecule has 1 aromatic carbocycles. The molecule has 136 valence electrons. The predicted octanol–water partition coefficient (Wildman–Crippen LogP) is 3.15. The second kappa shape index (κ2) is 6.64. The van der Waals surface area contributed by atoms with Crippen molar-refractivity contribution in [3.63, 3.8) is 0 Å². The lowest BCUT2D eigenvalue weighted by Gasteiger charge is -2.23. The van der Waals surface area contributed by atoms with Crippen LogP contribution in [0.4, 0.5) is 13.2 Å². The van der Waals surface area contributed by atoms with Gasteiger partial charge in [0.15, 0.2) is 0 Å². The highest BCUT2D eigenvalue weighted by atomic mass is 35.5. The van der Waals surface area contributed by atoms with E-state index in [1.54, 1.807) is 0 Å². The van der Waals surface area contributed by atoms with Crippen molar-refractivity contribution < 1.29 is 21.6 Å². The molecule has 1 atom stereocenters. The molecule has 24 heavy (non-hydrogen) atoms. The van der Waals surface area contributed by atoms with Crippen molar-refractivity contribution in [3.8, 4) is 0 Å². The van der Waals surface area contributed by atoms with E-state index >= 15 is 0 Å². The molecule has 1 unspecified atom stereocenters. The van der Waals surface area contributed by atoms with Gasteiger partial charge < -0.3 is 5.32 Å². The standard InChI is InChI=1S/C14H16ClF3N2O2S.ClH/c15-11-2-1-10(14(16,17)18)7-12(11)23(21,22)20-6-4-13(9-20)3-5-19-8-13;/h1-2,7,19H,3-6,8-9H2;1H. The van der Waals surface area contributed by atoms with E-state index in [9.17, 15) is 21.6 Å². The van der Waals surface area contributed by atoms with Crippen LogP contribution in [0.2, 0.25) is 5.02 Å². The zero-order valence-electron chi connectivity index (χ0n) is 12.6. The summed E-state index contributed by atoms with van der Waals surface area (Å²) in [5.41, 5.74) is -1.13. The van der Waals surface area contributed by atoms with Gasteiger partial charge in [-0.2, -0.15) is 17.5 Å². The Hall–Kier alpha value is -0.540. The van der Waals surface area contributed by atoms with Crippen LogP contribution in [0.15, 0.2) is 23.1 Å². The van der Waals surface area contributed by atoms with Crippen molar-refractivity contribution in [1.82, 2.24) is 9.62 Å². The van der Waals surface area contributed by atoms with Crippen LogP contribution >= 0.6 is 24.0 Å². The van der Waals surface area contributed by atoms with Crippen LogP contribution in [0.1, 0.15) is 18.4 Å². The third kappa shape index (κ3) is 3.53. The molecule has 1 spiro atoms. The number of nitrogens with one attached hydrogen (secondary N) is 1. The van der Waals surface area contributed by atoms with Gasteiger partial charge in [0.25, 0.3) is 0 Å². The molecule has 2 heterocycles. The van der Waals surface area contributed by atoms with Crippen LogP contribution in [0.25, 0.3) is 0 Å². The molecule has 0 aliphatic carbocycles. The van der Waals surface area contributed by atoms with E-state index in [0.717, 1.165) is 31.6 Å². The monoisotopic (exact) mass is 404 g/mol. The fraction of sp³-hybridized carbons (Fsp3) is 0.571. The first-order valence-corrected chi connectivity index (χ1v) is 9.04. The van der Waals surface area contributed by atoms with Gasteiger partial charge in [-0.05, 0) is 43.0 Å². The van der Waals surface area contributed by atoms with E-state index in [1.807, 2.05) is 0 Å². The molecule has 0 saturated carbocycles. The molecule has 0 radical (unpaired) electrons. The van der Waals surface area contributed by atoms with Crippen molar-refractivity contribution in [2.75, 3.05) is 26.2 Å². The second-order valence-electron chi connectivity index (χ2n) is 6.16. The van der Waals surface area contributed by atoms with Crippen LogP contribution in [0, 0.1) is 5.41 Å². The number of alkyl halides is 3. The van der Waals surface area contributed by atoms with E-state index in [-0.39, 0.29) is 22.8 Å². The molecule has 0 bridgehead atoms. The minimum absolute atomic E-state index is 0. The highest BCUT2D eigenvalue weighted by Gasteiger charge is 2.45. The van der Waals surface area contributed by atoms with Crippen molar-refractivity contribution in [2.45, 2.75) is 23.9 Å². The summed E-state index contributed by atoms with van der Waals surface area (Å²) in [5, 5.41) is 3.02. The van der Waals surface area contributed by atoms with Crippen LogP contribution in [0.5, 0.6) is 0 Å². The molecule has 2 saturated heterocycles. The van der Waals surface area contributed by atoms with Crippen LogP contribution in [0.3, 0.4) is 0 Å². The molecule has 0 aromatic heterocycles. The molecule has 2 aliphatic heterocycles. The Bertz CT molecular complexity index is 719.